The highest BCUT2D eigenvalue weighted by molar-refractivity contribution is 5.76. The predicted octanol–water partition coefficient (Wildman–Crippen LogP) is 1.72. The molecule has 0 radical (unpaired) electrons. The van der Waals surface area contributed by atoms with Crippen LogP contribution in [0.3, 0.4) is 0 Å². The zero-order valence-electron chi connectivity index (χ0n) is 14.4. The van der Waals surface area contributed by atoms with Crippen molar-refractivity contribution >= 4 is 5.91 Å². The van der Waals surface area contributed by atoms with Gasteiger partial charge in [0.1, 0.15) is 5.82 Å². The lowest BCUT2D eigenvalue weighted by atomic mass is 10.1. The standard InChI is InChI=1S/C18H27FN2O3/c1-13(2)11-21-6-7-24-16(12-21)10-20-18(23)9-17(22)14-4-3-5-15(19)8-14/h3-5,8,13,16-17,22H,6-7,9-12H2,1-2H3,(H,20,23). The molecule has 1 amide bonds. The molecule has 24 heavy (non-hydrogen) atoms. The molecule has 1 heterocycles. The lowest BCUT2D eigenvalue weighted by molar-refractivity contribution is -0.124. The van der Waals surface area contributed by atoms with Crippen molar-refractivity contribution < 1.29 is 19.0 Å². The highest BCUT2D eigenvalue weighted by Crippen LogP contribution is 2.17. The molecule has 1 fully saturated rings. The number of nitrogens with zero attached hydrogens (tertiary/aromatic N) is 1. The molecular weight excluding hydrogens is 311 g/mol. The first-order valence-corrected chi connectivity index (χ1v) is 8.48. The number of ether oxygens (including phenoxy) is 1. The SMILES string of the molecule is CC(C)CN1CCOC(CNC(=O)CC(O)c2cccc(F)c2)C1. The Balaban J connectivity index is 1.74. The van der Waals surface area contributed by atoms with E-state index in [1.165, 1.54) is 18.2 Å². The van der Waals surface area contributed by atoms with E-state index in [0.717, 1.165) is 19.6 Å². The number of carbonyl (C=O) groups is 1. The molecule has 2 atom stereocenters. The van der Waals surface area contributed by atoms with Crippen LogP contribution in [0.5, 0.6) is 0 Å². The van der Waals surface area contributed by atoms with E-state index < -0.39 is 11.9 Å². The van der Waals surface area contributed by atoms with Crippen LogP contribution in [0, 0.1) is 11.7 Å². The summed E-state index contributed by atoms with van der Waals surface area (Å²) < 4.78 is 18.8. The number of halogens is 1. The van der Waals surface area contributed by atoms with Crippen molar-refractivity contribution in [2.75, 3.05) is 32.8 Å². The van der Waals surface area contributed by atoms with Gasteiger partial charge in [0.05, 0.1) is 25.2 Å². The van der Waals surface area contributed by atoms with Crippen molar-refractivity contribution in [1.29, 1.82) is 0 Å². The molecule has 2 unspecified atom stereocenters. The van der Waals surface area contributed by atoms with Crippen LogP contribution < -0.4 is 5.32 Å². The van der Waals surface area contributed by atoms with Gasteiger partial charge in [-0.2, -0.15) is 0 Å². The number of aliphatic hydroxyl groups is 1. The van der Waals surface area contributed by atoms with Crippen LogP contribution in [0.1, 0.15) is 31.9 Å². The molecular formula is C18H27FN2O3. The first-order chi connectivity index (χ1) is 11.4. The monoisotopic (exact) mass is 338 g/mol. The molecule has 1 aromatic carbocycles. The molecule has 1 aliphatic heterocycles. The second-order valence-corrected chi connectivity index (χ2v) is 6.73. The molecule has 5 nitrogen and oxygen atoms in total. The molecule has 0 aromatic heterocycles. The number of aliphatic hydroxyl groups excluding tert-OH is 1. The Labute approximate surface area is 142 Å². The average molecular weight is 338 g/mol. The summed E-state index contributed by atoms with van der Waals surface area (Å²) in [6, 6.07) is 5.67. The third-order valence-electron chi connectivity index (χ3n) is 3.99. The third kappa shape index (κ3) is 6.19. The minimum absolute atomic E-state index is 0.0345. The van der Waals surface area contributed by atoms with Crippen LogP contribution in [-0.4, -0.2) is 54.8 Å². The number of amides is 1. The minimum Gasteiger partial charge on any atom is -0.388 e. The minimum atomic E-state index is -1.01. The van der Waals surface area contributed by atoms with Crippen LogP contribution in [0.15, 0.2) is 24.3 Å². The largest absolute Gasteiger partial charge is 0.388 e. The van der Waals surface area contributed by atoms with Gasteiger partial charge in [0.25, 0.3) is 0 Å². The molecule has 1 saturated heterocycles. The molecule has 0 saturated carbocycles. The van der Waals surface area contributed by atoms with E-state index in [0.29, 0.717) is 24.6 Å². The fourth-order valence-corrected chi connectivity index (χ4v) is 2.89. The Morgan fingerprint density at radius 2 is 2.29 bits per heavy atom. The van der Waals surface area contributed by atoms with Crippen molar-refractivity contribution in [2.24, 2.45) is 5.92 Å². The normalized spacial score (nSPS) is 20.1. The topological polar surface area (TPSA) is 61.8 Å². The highest BCUT2D eigenvalue weighted by Gasteiger charge is 2.22. The summed E-state index contributed by atoms with van der Waals surface area (Å²) in [5.74, 6) is -0.0936. The molecule has 6 heteroatoms. The number of nitrogens with one attached hydrogen (secondary N) is 1. The van der Waals surface area contributed by atoms with Gasteiger partial charge in [0, 0.05) is 26.2 Å². The van der Waals surface area contributed by atoms with Crippen molar-refractivity contribution in [3.05, 3.63) is 35.6 Å². The highest BCUT2D eigenvalue weighted by atomic mass is 19.1. The van der Waals surface area contributed by atoms with E-state index in [1.807, 2.05) is 0 Å². The lowest BCUT2D eigenvalue weighted by Crippen LogP contribution is -2.48. The number of rotatable bonds is 7. The summed E-state index contributed by atoms with van der Waals surface area (Å²) in [5.41, 5.74) is 0.405. The van der Waals surface area contributed by atoms with Gasteiger partial charge in [-0.1, -0.05) is 26.0 Å². The summed E-state index contributed by atoms with van der Waals surface area (Å²) in [6.07, 6.45) is -1.13. The van der Waals surface area contributed by atoms with Crippen molar-refractivity contribution in [1.82, 2.24) is 10.2 Å². The number of benzene rings is 1. The van der Waals surface area contributed by atoms with E-state index in [-0.39, 0.29) is 18.4 Å². The van der Waals surface area contributed by atoms with Gasteiger partial charge < -0.3 is 15.2 Å². The maximum atomic E-state index is 13.1. The zero-order chi connectivity index (χ0) is 17.5. The fourth-order valence-electron chi connectivity index (χ4n) is 2.89. The van der Waals surface area contributed by atoms with E-state index >= 15 is 0 Å². The molecule has 134 valence electrons. The van der Waals surface area contributed by atoms with Gasteiger partial charge in [-0.05, 0) is 23.6 Å². The fraction of sp³-hybridized carbons (Fsp3) is 0.611. The maximum Gasteiger partial charge on any atom is 0.223 e. The Morgan fingerprint density at radius 3 is 3.00 bits per heavy atom. The van der Waals surface area contributed by atoms with Gasteiger partial charge in [0.2, 0.25) is 5.91 Å². The van der Waals surface area contributed by atoms with Crippen molar-refractivity contribution in [2.45, 2.75) is 32.5 Å². The molecule has 0 bridgehead atoms. The van der Waals surface area contributed by atoms with Crippen molar-refractivity contribution in [3.63, 3.8) is 0 Å². The second kappa shape index (κ2) is 9.11. The summed E-state index contributed by atoms with van der Waals surface area (Å²) in [6.45, 7) is 8.18. The average Bonchev–Trinajstić information content (AvgIpc) is 2.52. The van der Waals surface area contributed by atoms with Gasteiger partial charge >= 0.3 is 0 Å². The Kier molecular flexibility index (Phi) is 7.15. The van der Waals surface area contributed by atoms with E-state index in [2.05, 4.69) is 24.1 Å². The van der Waals surface area contributed by atoms with Gasteiger partial charge in [-0.25, -0.2) is 4.39 Å². The van der Waals surface area contributed by atoms with Gasteiger partial charge in [-0.15, -0.1) is 0 Å². The van der Waals surface area contributed by atoms with Gasteiger partial charge in [-0.3, -0.25) is 9.69 Å². The Morgan fingerprint density at radius 1 is 1.50 bits per heavy atom. The van der Waals surface area contributed by atoms with E-state index in [1.54, 1.807) is 6.07 Å². The van der Waals surface area contributed by atoms with Crippen LogP contribution in [0.2, 0.25) is 0 Å². The number of hydrogen-bond acceptors (Lipinski definition) is 4. The molecule has 2 N–H and O–H groups in total. The number of morpholine rings is 1. The maximum absolute atomic E-state index is 13.1. The van der Waals surface area contributed by atoms with Crippen LogP contribution >= 0.6 is 0 Å². The number of carbonyl (C=O) groups excluding carboxylic acids is 1. The smallest absolute Gasteiger partial charge is 0.223 e. The zero-order valence-corrected chi connectivity index (χ0v) is 14.4. The summed E-state index contributed by atoms with van der Waals surface area (Å²) in [5, 5.41) is 12.8. The molecule has 1 aliphatic rings. The number of hydrogen-bond donors (Lipinski definition) is 2. The summed E-state index contributed by atoms with van der Waals surface area (Å²) in [7, 11) is 0. The quantitative estimate of drug-likeness (QED) is 0.795. The van der Waals surface area contributed by atoms with Gasteiger partial charge in [0.15, 0.2) is 0 Å². The second-order valence-electron chi connectivity index (χ2n) is 6.73. The van der Waals surface area contributed by atoms with Crippen molar-refractivity contribution in [3.8, 4) is 0 Å². The first kappa shape index (κ1) is 18.8. The van der Waals surface area contributed by atoms with E-state index in [4.69, 9.17) is 4.74 Å². The molecule has 0 aliphatic carbocycles. The lowest BCUT2D eigenvalue weighted by Gasteiger charge is -2.34. The molecule has 1 aromatic rings. The molecule has 0 spiro atoms. The Hall–Kier alpha value is -1.50. The third-order valence-corrected chi connectivity index (χ3v) is 3.99. The predicted molar refractivity (Wildman–Crippen MR) is 90.0 cm³/mol. The van der Waals surface area contributed by atoms with Crippen LogP contribution in [0.4, 0.5) is 4.39 Å². The van der Waals surface area contributed by atoms with Crippen LogP contribution in [0.25, 0.3) is 0 Å². The summed E-state index contributed by atoms with van der Waals surface area (Å²) in [4.78, 5) is 14.3. The van der Waals surface area contributed by atoms with E-state index in [9.17, 15) is 14.3 Å². The summed E-state index contributed by atoms with van der Waals surface area (Å²) >= 11 is 0. The Bertz CT molecular complexity index is 539. The first-order valence-electron chi connectivity index (χ1n) is 8.48. The van der Waals surface area contributed by atoms with Crippen LogP contribution in [-0.2, 0) is 9.53 Å². The molecule has 2 rings (SSSR count).